The van der Waals surface area contributed by atoms with Gasteiger partial charge in [0, 0.05) is 12.4 Å². The Labute approximate surface area is 90.2 Å². The summed E-state index contributed by atoms with van der Waals surface area (Å²) in [5.74, 6) is 0.347. The fourth-order valence-corrected chi connectivity index (χ4v) is 1.60. The molecule has 0 fully saturated rings. The topological polar surface area (TPSA) is 44.1 Å². The smallest absolute Gasteiger partial charge is 0.307 e. The van der Waals surface area contributed by atoms with Gasteiger partial charge in [-0.3, -0.25) is 9.48 Å². The number of carbonyl (C=O) groups excluding carboxylic acids is 1. The fraction of sp³-hybridized carbons (Fsp3) is 0.636. The summed E-state index contributed by atoms with van der Waals surface area (Å²) in [6.07, 6.45) is 4.92. The maximum atomic E-state index is 11.2. The molecule has 0 saturated heterocycles. The molecule has 0 bridgehead atoms. The van der Waals surface area contributed by atoms with Crippen LogP contribution in [0.25, 0.3) is 0 Å². The van der Waals surface area contributed by atoms with Gasteiger partial charge in [0.1, 0.15) is 0 Å². The molecule has 15 heavy (non-hydrogen) atoms. The monoisotopic (exact) mass is 210 g/mol. The quantitative estimate of drug-likeness (QED) is 0.698. The maximum Gasteiger partial charge on any atom is 0.307 e. The third-order valence-corrected chi connectivity index (χ3v) is 2.27. The molecule has 0 aliphatic heterocycles. The number of hydrogen-bond acceptors (Lipinski definition) is 3. The van der Waals surface area contributed by atoms with Crippen LogP contribution < -0.4 is 0 Å². The van der Waals surface area contributed by atoms with Crippen molar-refractivity contribution in [2.45, 2.75) is 32.7 Å². The zero-order chi connectivity index (χ0) is 11.3. The molecule has 1 aromatic rings. The molecule has 1 aromatic heterocycles. The van der Waals surface area contributed by atoms with E-state index in [1.807, 2.05) is 16.9 Å². The Morgan fingerprint density at radius 1 is 1.53 bits per heavy atom. The van der Waals surface area contributed by atoms with Gasteiger partial charge in [-0.05, 0) is 18.4 Å². The van der Waals surface area contributed by atoms with Crippen LogP contribution in [0.1, 0.15) is 32.7 Å². The van der Waals surface area contributed by atoms with Gasteiger partial charge in [0.2, 0.25) is 0 Å². The number of esters is 1. The van der Waals surface area contributed by atoms with Crippen molar-refractivity contribution in [3.63, 3.8) is 0 Å². The van der Waals surface area contributed by atoms with Gasteiger partial charge in [0.15, 0.2) is 0 Å². The van der Waals surface area contributed by atoms with Gasteiger partial charge in [0.05, 0.1) is 19.6 Å². The first-order valence-electron chi connectivity index (χ1n) is 5.19. The van der Waals surface area contributed by atoms with Crippen LogP contribution in [0.15, 0.2) is 18.5 Å². The molecular formula is C11H18N2O2. The van der Waals surface area contributed by atoms with Crippen LogP contribution in [0, 0.1) is 5.92 Å². The molecule has 1 rings (SSSR count). The molecule has 0 amide bonds. The summed E-state index contributed by atoms with van der Waals surface area (Å²) in [7, 11) is 1.41. The van der Waals surface area contributed by atoms with Gasteiger partial charge in [-0.15, -0.1) is 0 Å². The molecule has 0 N–H and O–H groups in total. The normalized spacial score (nSPS) is 12.8. The first-order valence-corrected chi connectivity index (χ1v) is 5.19. The van der Waals surface area contributed by atoms with Gasteiger partial charge >= 0.3 is 5.97 Å². The highest BCUT2D eigenvalue weighted by molar-refractivity contribution is 5.69. The van der Waals surface area contributed by atoms with E-state index in [1.54, 1.807) is 6.20 Å². The standard InChI is InChI=1S/C11H18N2O2/c1-9(2)7-10(8-11(14)15-3)13-6-4-5-12-13/h4-6,9-10H,7-8H2,1-3H3. The Morgan fingerprint density at radius 2 is 2.27 bits per heavy atom. The Bertz CT molecular complexity index is 294. The van der Waals surface area contributed by atoms with E-state index in [-0.39, 0.29) is 12.0 Å². The van der Waals surface area contributed by atoms with E-state index in [1.165, 1.54) is 7.11 Å². The lowest BCUT2D eigenvalue weighted by molar-refractivity contribution is -0.141. The molecule has 0 radical (unpaired) electrons. The van der Waals surface area contributed by atoms with Crippen LogP contribution in [0.5, 0.6) is 0 Å². The summed E-state index contributed by atoms with van der Waals surface area (Å²) >= 11 is 0. The zero-order valence-corrected chi connectivity index (χ0v) is 9.51. The molecule has 0 saturated carbocycles. The molecule has 0 spiro atoms. The highest BCUT2D eigenvalue weighted by Crippen LogP contribution is 2.20. The first-order chi connectivity index (χ1) is 7.13. The summed E-state index contributed by atoms with van der Waals surface area (Å²) in [6, 6.07) is 1.97. The van der Waals surface area contributed by atoms with Crippen LogP contribution in [0.2, 0.25) is 0 Å². The second-order valence-corrected chi connectivity index (χ2v) is 4.05. The van der Waals surface area contributed by atoms with Gasteiger partial charge < -0.3 is 4.74 Å². The number of methoxy groups -OCH3 is 1. The lowest BCUT2D eigenvalue weighted by atomic mass is 10.0. The number of ether oxygens (including phenoxy) is 1. The number of carbonyl (C=O) groups is 1. The Hall–Kier alpha value is -1.32. The predicted molar refractivity (Wildman–Crippen MR) is 57.4 cm³/mol. The van der Waals surface area contributed by atoms with Crippen molar-refractivity contribution in [1.29, 1.82) is 0 Å². The van der Waals surface area contributed by atoms with Crippen LogP contribution >= 0.6 is 0 Å². The number of nitrogens with zero attached hydrogens (tertiary/aromatic N) is 2. The average molecular weight is 210 g/mol. The number of rotatable bonds is 5. The minimum absolute atomic E-state index is 0.104. The molecule has 0 aliphatic rings. The Morgan fingerprint density at radius 3 is 2.73 bits per heavy atom. The van der Waals surface area contributed by atoms with Crippen LogP contribution in [-0.2, 0) is 9.53 Å². The molecule has 1 heterocycles. The summed E-state index contributed by atoms with van der Waals surface area (Å²) in [6.45, 7) is 4.27. The van der Waals surface area contributed by atoms with Crippen molar-refractivity contribution >= 4 is 5.97 Å². The van der Waals surface area contributed by atoms with E-state index >= 15 is 0 Å². The molecule has 84 valence electrons. The molecule has 0 aliphatic carbocycles. The Balaban J connectivity index is 2.65. The van der Waals surface area contributed by atoms with E-state index in [0.29, 0.717) is 12.3 Å². The highest BCUT2D eigenvalue weighted by atomic mass is 16.5. The second-order valence-electron chi connectivity index (χ2n) is 4.05. The minimum atomic E-state index is -0.184. The highest BCUT2D eigenvalue weighted by Gasteiger charge is 2.17. The van der Waals surface area contributed by atoms with Crippen molar-refractivity contribution in [2.24, 2.45) is 5.92 Å². The van der Waals surface area contributed by atoms with Gasteiger partial charge in [-0.1, -0.05) is 13.8 Å². The third-order valence-electron chi connectivity index (χ3n) is 2.27. The largest absolute Gasteiger partial charge is 0.469 e. The predicted octanol–water partition coefficient (Wildman–Crippen LogP) is 2.03. The lowest BCUT2D eigenvalue weighted by Crippen LogP contribution is -2.17. The van der Waals surface area contributed by atoms with Crippen molar-refractivity contribution in [1.82, 2.24) is 9.78 Å². The van der Waals surface area contributed by atoms with Crippen molar-refractivity contribution in [2.75, 3.05) is 7.11 Å². The van der Waals surface area contributed by atoms with Gasteiger partial charge in [-0.2, -0.15) is 5.10 Å². The summed E-state index contributed by atoms with van der Waals surface area (Å²) in [5.41, 5.74) is 0. The van der Waals surface area contributed by atoms with Crippen molar-refractivity contribution in [3.05, 3.63) is 18.5 Å². The third kappa shape index (κ3) is 3.73. The van der Waals surface area contributed by atoms with Gasteiger partial charge in [-0.25, -0.2) is 0 Å². The van der Waals surface area contributed by atoms with E-state index < -0.39 is 0 Å². The maximum absolute atomic E-state index is 11.2. The summed E-state index contributed by atoms with van der Waals surface area (Å²) in [4.78, 5) is 11.2. The molecule has 1 unspecified atom stereocenters. The minimum Gasteiger partial charge on any atom is -0.469 e. The van der Waals surface area contributed by atoms with Crippen LogP contribution in [0.4, 0.5) is 0 Å². The summed E-state index contributed by atoms with van der Waals surface area (Å²) in [5, 5.41) is 4.17. The fourth-order valence-electron chi connectivity index (χ4n) is 1.60. The molecule has 0 aromatic carbocycles. The number of hydrogen-bond donors (Lipinski definition) is 0. The molecular weight excluding hydrogens is 192 g/mol. The number of aromatic nitrogens is 2. The first kappa shape index (κ1) is 11.8. The Kier molecular flexibility index (Phi) is 4.34. The zero-order valence-electron chi connectivity index (χ0n) is 9.51. The SMILES string of the molecule is COC(=O)CC(CC(C)C)n1cccn1. The van der Waals surface area contributed by atoms with E-state index in [4.69, 9.17) is 0 Å². The van der Waals surface area contributed by atoms with E-state index in [2.05, 4.69) is 23.7 Å². The van der Waals surface area contributed by atoms with E-state index in [9.17, 15) is 4.79 Å². The molecule has 1 atom stereocenters. The van der Waals surface area contributed by atoms with Crippen LogP contribution in [0.3, 0.4) is 0 Å². The average Bonchev–Trinajstić information content (AvgIpc) is 2.68. The van der Waals surface area contributed by atoms with Crippen LogP contribution in [-0.4, -0.2) is 22.9 Å². The molecule has 4 nitrogen and oxygen atoms in total. The summed E-state index contributed by atoms with van der Waals surface area (Å²) < 4.78 is 6.51. The van der Waals surface area contributed by atoms with Gasteiger partial charge in [0.25, 0.3) is 0 Å². The second kappa shape index (κ2) is 5.53. The van der Waals surface area contributed by atoms with Crippen molar-refractivity contribution < 1.29 is 9.53 Å². The molecule has 4 heteroatoms. The van der Waals surface area contributed by atoms with E-state index in [0.717, 1.165) is 6.42 Å². The van der Waals surface area contributed by atoms with Crippen molar-refractivity contribution in [3.8, 4) is 0 Å². The lowest BCUT2D eigenvalue weighted by Gasteiger charge is -2.18.